The molecule has 2 aromatic rings. The summed E-state index contributed by atoms with van der Waals surface area (Å²) in [6.07, 6.45) is 2.87. The molecule has 0 unspecified atom stereocenters. The number of hydrogen-bond donors (Lipinski definition) is 1. The maximum absolute atomic E-state index is 12.5. The van der Waals surface area contributed by atoms with E-state index in [1.54, 1.807) is 25.1 Å². The van der Waals surface area contributed by atoms with Gasteiger partial charge in [-0.2, -0.15) is 0 Å². The second kappa shape index (κ2) is 10.2. The molecule has 0 aliphatic rings. The molecular formula is C19H25N3O4. The van der Waals surface area contributed by atoms with Gasteiger partial charge in [0.05, 0.1) is 0 Å². The van der Waals surface area contributed by atoms with Crippen molar-refractivity contribution in [1.29, 1.82) is 0 Å². The van der Waals surface area contributed by atoms with Crippen molar-refractivity contribution < 1.29 is 18.8 Å². The SMILES string of the molecule is CCCCCN(CC(=O)Nc1cc(C)on1)C(=O)COc1ccccc1. The highest BCUT2D eigenvalue weighted by Crippen LogP contribution is 2.10. The molecule has 2 rings (SSSR count). The molecule has 0 saturated carbocycles. The molecule has 1 aromatic heterocycles. The lowest BCUT2D eigenvalue weighted by Gasteiger charge is -2.22. The summed E-state index contributed by atoms with van der Waals surface area (Å²) in [5.74, 6) is 1.03. The first kappa shape index (κ1) is 19.5. The van der Waals surface area contributed by atoms with Crippen molar-refractivity contribution >= 4 is 17.6 Å². The van der Waals surface area contributed by atoms with Crippen molar-refractivity contribution in [2.24, 2.45) is 0 Å². The number of aromatic nitrogens is 1. The Balaban J connectivity index is 1.90. The molecule has 1 N–H and O–H groups in total. The number of benzene rings is 1. The number of nitrogens with one attached hydrogen (secondary N) is 1. The number of unbranched alkanes of at least 4 members (excludes halogenated alkanes) is 2. The monoisotopic (exact) mass is 359 g/mol. The van der Waals surface area contributed by atoms with Crippen molar-refractivity contribution in [3.05, 3.63) is 42.2 Å². The van der Waals surface area contributed by atoms with Crippen molar-refractivity contribution in [2.75, 3.05) is 25.0 Å². The van der Waals surface area contributed by atoms with Gasteiger partial charge >= 0.3 is 0 Å². The first-order chi connectivity index (χ1) is 12.6. The van der Waals surface area contributed by atoms with Crippen LogP contribution in [0.2, 0.25) is 0 Å². The summed E-state index contributed by atoms with van der Waals surface area (Å²) in [7, 11) is 0. The predicted octanol–water partition coefficient (Wildman–Crippen LogP) is 3.02. The number of ether oxygens (including phenoxy) is 1. The van der Waals surface area contributed by atoms with Crippen LogP contribution in [0.3, 0.4) is 0 Å². The van der Waals surface area contributed by atoms with Gasteiger partial charge in [0.1, 0.15) is 18.1 Å². The Hall–Kier alpha value is -2.83. The standard InChI is InChI=1S/C19H25N3O4/c1-3-4-8-11-22(13-18(23)20-17-12-15(2)26-21-17)19(24)14-25-16-9-6-5-7-10-16/h5-7,9-10,12H,3-4,8,11,13-14H2,1-2H3,(H,20,21,23). The van der Waals surface area contributed by atoms with E-state index in [1.165, 1.54) is 4.90 Å². The minimum atomic E-state index is -0.317. The Kier molecular flexibility index (Phi) is 7.67. The molecule has 2 amide bonds. The molecule has 0 radical (unpaired) electrons. The lowest BCUT2D eigenvalue weighted by atomic mass is 10.2. The molecule has 26 heavy (non-hydrogen) atoms. The first-order valence-corrected chi connectivity index (χ1v) is 8.77. The molecule has 1 heterocycles. The number of para-hydroxylation sites is 1. The molecule has 0 saturated heterocycles. The number of anilines is 1. The van der Waals surface area contributed by atoms with Crippen LogP contribution in [0.25, 0.3) is 0 Å². The van der Waals surface area contributed by atoms with Gasteiger partial charge in [0.25, 0.3) is 5.91 Å². The van der Waals surface area contributed by atoms with Crippen LogP contribution in [0.4, 0.5) is 5.82 Å². The Morgan fingerprint density at radius 2 is 2.00 bits per heavy atom. The lowest BCUT2D eigenvalue weighted by molar-refractivity contribution is -0.136. The minimum Gasteiger partial charge on any atom is -0.484 e. The normalized spacial score (nSPS) is 10.4. The third kappa shape index (κ3) is 6.58. The van der Waals surface area contributed by atoms with E-state index >= 15 is 0 Å². The number of amides is 2. The molecular weight excluding hydrogens is 334 g/mol. The van der Waals surface area contributed by atoms with Gasteiger partial charge in [0, 0.05) is 12.6 Å². The summed E-state index contributed by atoms with van der Waals surface area (Å²) in [5.41, 5.74) is 0. The number of carbonyl (C=O) groups excluding carboxylic acids is 2. The van der Waals surface area contributed by atoms with E-state index in [-0.39, 0.29) is 25.0 Å². The van der Waals surface area contributed by atoms with E-state index in [2.05, 4.69) is 17.4 Å². The summed E-state index contributed by atoms with van der Waals surface area (Å²) < 4.78 is 10.4. The van der Waals surface area contributed by atoms with Crippen LogP contribution in [-0.2, 0) is 9.59 Å². The Morgan fingerprint density at radius 1 is 1.23 bits per heavy atom. The van der Waals surface area contributed by atoms with Crippen LogP contribution in [-0.4, -0.2) is 41.6 Å². The number of aryl methyl sites for hydroxylation is 1. The van der Waals surface area contributed by atoms with Crippen molar-refractivity contribution in [1.82, 2.24) is 10.1 Å². The average molecular weight is 359 g/mol. The zero-order valence-corrected chi connectivity index (χ0v) is 15.2. The van der Waals surface area contributed by atoms with Crippen LogP contribution in [0.1, 0.15) is 31.9 Å². The fourth-order valence-corrected chi connectivity index (χ4v) is 2.38. The Labute approximate surface area is 153 Å². The van der Waals surface area contributed by atoms with Gasteiger partial charge in [-0.25, -0.2) is 0 Å². The zero-order valence-electron chi connectivity index (χ0n) is 15.2. The third-order valence-corrected chi connectivity index (χ3v) is 3.72. The van der Waals surface area contributed by atoms with Crippen molar-refractivity contribution in [3.8, 4) is 5.75 Å². The maximum Gasteiger partial charge on any atom is 0.260 e. The van der Waals surface area contributed by atoms with Crippen LogP contribution < -0.4 is 10.1 Å². The topological polar surface area (TPSA) is 84.7 Å². The van der Waals surface area contributed by atoms with E-state index in [9.17, 15) is 9.59 Å². The number of rotatable bonds is 10. The summed E-state index contributed by atoms with van der Waals surface area (Å²) in [6.45, 7) is 4.18. The number of carbonyl (C=O) groups is 2. The average Bonchev–Trinajstić information content (AvgIpc) is 3.04. The largest absolute Gasteiger partial charge is 0.484 e. The number of hydrogen-bond acceptors (Lipinski definition) is 5. The molecule has 7 heteroatoms. The van der Waals surface area contributed by atoms with Gasteiger partial charge < -0.3 is 19.5 Å². The van der Waals surface area contributed by atoms with E-state index in [1.807, 2.05) is 18.2 Å². The highest BCUT2D eigenvalue weighted by Gasteiger charge is 2.18. The van der Waals surface area contributed by atoms with Crippen LogP contribution in [0.5, 0.6) is 5.75 Å². The van der Waals surface area contributed by atoms with Gasteiger partial charge in [-0.05, 0) is 25.5 Å². The quantitative estimate of drug-likeness (QED) is 0.659. The molecule has 0 aliphatic carbocycles. The summed E-state index contributed by atoms with van der Waals surface area (Å²) in [6, 6.07) is 10.8. The van der Waals surface area contributed by atoms with Crippen LogP contribution in [0, 0.1) is 6.92 Å². The maximum atomic E-state index is 12.5. The molecule has 0 bridgehead atoms. The molecule has 7 nitrogen and oxygen atoms in total. The number of nitrogens with zero attached hydrogens (tertiary/aromatic N) is 2. The Bertz CT molecular complexity index is 700. The van der Waals surface area contributed by atoms with Gasteiger partial charge in [-0.1, -0.05) is 43.1 Å². The second-order valence-electron chi connectivity index (χ2n) is 6.00. The third-order valence-electron chi connectivity index (χ3n) is 3.72. The fourth-order valence-electron chi connectivity index (χ4n) is 2.38. The summed E-state index contributed by atoms with van der Waals surface area (Å²) in [5, 5.41) is 6.36. The molecule has 0 aliphatic heterocycles. The Morgan fingerprint density at radius 3 is 2.65 bits per heavy atom. The zero-order chi connectivity index (χ0) is 18.8. The highest BCUT2D eigenvalue weighted by atomic mass is 16.5. The van der Waals surface area contributed by atoms with Crippen LogP contribution >= 0.6 is 0 Å². The second-order valence-corrected chi connectivity index (χ2v) is 6.00. The predicted molar refractivity (Wildman–Crippen MR) is 97.9 cm³/mol. The molecule has 1 aromatic carbocycles. The smallest absolute Gasteiger partial charge is 0.260 e. The van der Waals surface area contributed by atoms with Crippen molar-refractivity contribution in [3.63, 3.8) is 0 Å². The molecule has 140 valence electrons. The summed E-state index contributed by atoms with van der Waals surface area (Å²) >= 11 is 0. The first-order valence-electron chi connectivity index (χ1n) is 8.77. The van der Waals surface area contributed by atoms with Crippen molar-refractivity contribution in [2.45, 2.75) is 33.1 Å². The molecule has 0 fully saturated rings. The van der Waals surface area contributed by atoms with Gasteiger partial charge in [0.15, 0.2) is 12.4 Å². The van der Waals surface area contributed by atoms with E-state index in [4.69, 9.17) is 9.26 Å². The van der Waals surface area contributed by atoms with E-state index in [0.29, 0.717) is 23.9 Å². The van der Waals surface area contributed by atoms with Gasteiger partial charge in [-0.15, -0.1) is 0 Å². The molecule has 0 atom stereocenters. The highest BCUT2D eigenvalue weighted by molar-refractivity contribution is 5.94. The van der Waals surface area contributed by atoms with Gasteiger partial charge in [-0.3, -0.25) is 9.59 Å². The van der Waals surface area contributed by atoms with E-state index in [0.717, 1.165) is 19.3 Å². The van der Waals surface area contributed by atoms with E-state index < -0.39 is 0 Å². The van der Waals surface area contributed by atoms with Gasteiger partial charge in [0.2, 0.25) is 5.91 Å². The summed E-state index contributed by atoms with van der Waals surface area (Å²) in [4.78, 5) is 26.2. The fraction of sp³-hybridized carbons (Fsp3) is 0.421. The molecule has 0 spiro atoms. The van der Waals surface area contributed by atoms with Crippen LogP contribution in [0.15, 0.2) is 40.9 Å². The lowest BCUT2D eigenvalue weighted by Crippen LogP contribution is -2.41. The minimum absolute atomic E-state index is 0.0490.